The van der Waals surface area contributed by atoms with E-state index in [2.05, 4.69) is 20.9 Å². The third kappa shape index (κ3) is 1.70. The number of ether oxygens (including phenoxy) is 1. The number of hydrogen-bond acceptors (Lipinski definition) is 3. The first-order chi connectivity index (χ1) is 5.29. The standard InChI is InChI=1S/C7H9BrN2O/c1-11-7-4-10-3-6(8)5(7)2-9/h3-4H,2,9H2,1H3. The highest BCUT2D eigenvalue weighted by atomic mass is 79.9. The summed E-state index contributed by atoms with van der Waals surface area (Å²) in [5.74, 6) is 0.724. The largest absolute Gasteiger partial charge is 0.495 e. The monoisotopic (exact) mass is 216 g/mol. The SMILES string of the molecule is COc1cncc(Br)c1CN. The van der Waals surface area contributed by atoms with Crippen molar-refractivity contribution in [2.45, 2.75) is 6.54 Å². The van der Waals surface area contributed by atoms with Crippen LogP contribution >= 0.6 is 15.9 Å². The van der Waals surface area contributed by atoms with Gasteiger partial charge in [0.15, 0.2) is 0 Å². The number of aromatic nitrogens is 1. The number of hydrogen-bond donors (Lipinski definition) is 1. The van der Waals surface area contributed by atoms with Crippen LogP contribution in [-0.2, 0) is 6.54 Å². The molecule has 0 fully saturated rings. The molecule has 1 heterocycles. The van der Waals surface area contributed by atoms with Gasteiger partial charge in [0, 0.05) is 22.8 Å². The molecule has 2 N–H and O–H groups in total. The van der Waals surface area contributed by atoms with Gasteiger partial charge in [-0.15, -0.1) is 0 Å². The number of halogens is 1. The van der Waals surface area contributed by atoms with Gasteiger partial charge in [0.1, 0.15) is 5.75 Å². The number of pyridine rings is 1. The van der Waals surface area contributed by atoms with Gasteiger partial charge < -0.3 is 10.5 Å². The van der Waals surface area contributed by atoms with Gasteiger partial charge in [0.2, 0.25) is 0 Å². The molecule has 0 radical (unpaired) electrons. The van der Waals surface area contributed by atoms with Crippen LogP contribution in [0, 0.1) is 0 Å². The van der Waals surface area contributed by atoms with E-state index in [9.17, 15) is 0 Å². The minimum Gasteiger partial charge on any atom is -0.495 e. The molecule has 0 unspecified atom stereocenters. The molecule has 0 aliphatic heterocycles. The first kappa shape index (κ1) is 8.49. The molecule has 0 atom stereocenters. The molecular formula is C7H9BrN2O. The van der Waals surface area contributed by atoms with Crippen molar-refractivity contribution in [1.82, 2.24) is 4.98 Å². The summed E-state index contributed by atoms with van der Waals surface area (Å²) >= 11 is 3.33. The van der Waals surface area contributed by atoms with Crippen LogP contribution in [0.3, 0.4) is 0 Å². The second kappa shape index (κ2) is 3.69. The number of methoxy groups -OCH3 is 1. The highest BCUT2D eigenvalue weighted by Gasteiger charge is 2.04. The zero-order valence-corrected chi connectivity index (χ0v) is 7.76. The van der Waals surface area contributed by atoms with Crippen molar-refractivity contribution >= 4 is 15.9 Å². The number of nitrogens with zero attached hydrogens (tertiary/aromatic N) is 1. The lowest BCUT2D eigenvalue weighted by Crippen LogP contribution is -2.01. The van der Waals surface area contributed by atoms with Crippen LogP contribution in [0.5, 0.6) is 5.75 Å². The van der Waals surface area contributed by atoms with E-state index >= 15 is 0 Å². The normalized spacial score (nSPS) is 9.73. The Morgan fingerprint density at radius 3 is 2.82 bits per heavy atom. The molecule has 0 aliphatic carbocycles. The lowest BCUT2D eigenvalue weighted by Gasteiger charge is -2.06. The van der Waals surface area contributed by atoms with Crippen LogP contribution in [-0.4, -0.2) is 12.1 Å². The average Bonchev–Trinajstić information content (AvgIpc) is 2.04. The van der Waals surface area contributed by atoms with E-state index in [-0.39, 0.29) is 0 Å². The van der Waals surface area contributed by atoms with Gasteiger partial charge >= 0.3 is 0 Å². The van der Waals surface area contributed by atoms with Gasteiger partial charge in [-0.05, 0) is 15.9 Å². The van der Waals surface area contributed by atoms with Crippen LogP contribution in [0.25, 0.3) is 0 Å². The van der Waals surface area contributed by atoms with Crippen molar-refractivity contribution in [3.63, 3.8) is 0 Å². The summed E-state index contributed by atoms with van der Waals surface area (Å²) < 4.78 is 5.93. The van der Waals surface area contributed by atoms with Gasteiger partial charge in [0.05, 0.1) is 13.3 Å². The zero-order valence-electron chi connectivity index (χ0n) is 6.17. The molecule has 0 aromatic carbocycles. The fourth-order valence-corrected chi connectivity index (χ4v) is 1.29. The van der Waals surface area contributed by atoms with Crippen LogP contribution in [0.4, 0.5) is 0 Å². The quantitative estimate of drug-likeness (QED) is 0.812. The third-order valence-electron chi connectivity index (χ3n) is 1.39. The molecule has 0 saturated carbocycles. The molecule has 60 valence electrons. The number of nitrogens with two attached hydrogens (primary N) is 1. The van der Waals surface area contributed by atoms with Crippen molar-refractivity contribution in [3.8, 4) is 5.75 Å². The van der Waals surface area contributed by atoms with Crippen molar-refractivity contribution in [3.05, 3.63) is 22.4 Å². The summed E-state index contributed by atoms with van der Waals surface area (Å²) in [5.41, 5.74) is 6.44. The van der Waals surface area contributed by atoms with Gasteiger partial charge in [-0.25, -0.2) is 0 Å². The van der Waals surface area contributed by atoms with Gasteiger partial charge in [-0.3, -0.25) is 4.98 Å². The van der Waals surface area contributed by atoms with Crippen molar-refractivity contribution in [2.75, 3.05) is 7.11 Å². The van der Waals surface area contributed by atoms with Crippen molar-refractivity contribution < 1.29 is 4.74 Å². The summed E-state index contributed by atoms with van der Waals surface area (Å²) in [4.78, 5) is 3.94. The lowest BCUT2D eigenvalue weighted by molar-refractivity contribution is 0.407. The fourth-order valence-electron chi connectivity index (χ4n) is 0.818. The molecular weight excluding hydrogens is 208 g/mol. The molecule has 1 rings (SSSR count). The van der Waals surface area contributed by atoms with Gasteiger partial charge in [-0.1, -0.05) is 0 Å². The summed E-state index contributed by atoms with van der Waals surface area (Å²) in [7, 11) is 1.60. The topological polar surface area (TPSA) is 48.1 Å². The Hall–Kier alpha value is -0.610. The molecule has 0 bridgehead atoms. The Morgan fingerprint density at radius 1 is 1.64 bits per heavy atom. The van der Waals surface area contributed by atoms with Crippen LogP contribution < -0.4 is 10.5 Å². The highest BCUT2D eigenvalue weighted by molar-refractivity contribution is 9.10. The smallest absolute Gasteiger partial charge is 0.142 e. The maximum atomic E-state index is 5.49. The molecule has 11 heavy (non-hydrogen) atoms. The first-order valence-electron chi connectivity index (χ1n) is 3.16. The van der Waals surface area contributed by atoms with E-state index in [0.29, 0.717) is 6.54 Å². The molecule has 1 aromatic heterocycles. The average molecular weight is 217 g/mol. The van der Waals surface area contributed by atoms with Crippen LogP contribution in [0.2, 0.25) is 0 Å². The predicted octanol–water partition coefficient (Wildman–Crippen LogP) is 1.31. The summed E-state index contributed by atoms with van der Waals surface area (Å²) in [5, 5.41) is 0. The highest BCUT2D eigenvalue weighted by Crippen LogP contribution is 2.23. The molecule has 0 amide bonds. The molecule has 0 spiro atoms. The summed E-state index contributed by atoms with van der Waals surface area (Å²) in [6, 6.07) is 0. The molecule has 1 aromatic rings. The fraction of sp³-hybridized carbons (Fsp3) is 0.286. The first-order valence-corrected chi connectivity index (χ1v) is 3.95. The lowest BCUT2D eigenvalue weighted by atomic mass is 10.2. The second-order valence-corrected chi connectivity index (χ2v) is 2.86. The molecule has 3 nitrogen and oxygen atoms in total. The molecule has 0 aliphatic rings. The van der Waals surface area contributed by atoms with Crippen LogP contribution in [0.15, 0.2) is 16.9 Å². The maximum Gasteiger partial charge on any atom is 0.142 e. The Morgan fingerprint density at radius 2 is 2.36 bits per heavy atom. The number of rotatable bonds is 2. The van der Waals surface area contributed by atoms with E-state index in [1.165, 1.54) is 0 Å². The maximum absolute atomic E-state index is 5.49. The zero-order chi connectivity index (χ0) is 8.27. The minimum absolute atomic E-state index is 0.451. The van der Waals surface area contributed by atoms with Gasteiger partial charge in [-0.2, -0.15) is 0 Å². The van der Waals surface area contributed by atoms with Crippen LogP contribution in [0.1, 0.15) is 5.56 Å². The Bertz CT molecular complexity index is 252. The Balaban J connectivity index is 3.13. The van der Waals surface area contributed by atoms with E-state index < -0.39 is 0 Å². The van der Waals surface area contributed by atoms with Gasteiger partial charge in [0.25, 0.3) is 0 Å². The second-order valence-electron chi connectivity index (χ2n) is 2.01. The minimum atomic E-state index is 0.451. The van der Waals surface area contributed by atoms with E-state index in [1.54, 1.807) is 19.5 Å². The Kier molecular flexibility index (Phi) is 2.84. The summed E-state index contributed by atoms with van der Waals surface area (Å²) in [6.45, 7) is 0.451. The third-order valence-corrected chi connectivity index (χ3v) is 2.07. The molecule has 0 saturated heterocycles. The van der Waals surface area contributed by atoms with E-state index in [1.807, 2.05) is 0 Å². The summed E-state index contributed by atoms with van der Waals surface area (Å²) in [6.07, 6.45) is 3.34. The van der Waals surface area contributed by atoms with E-state index in [0.717, 1.165) is 15.8 Å². The predicted molar refractivity (Wildman–Crippen MR) is 46.4 cm³/mol. The Labute approximate surface area is 73.7 Å². The van der Waals surface area contributed by atoms with Crippen molar-refractivity contribution in [1.29, 1.82) is 0 Å². The van der Waals surface area contributed by atoms with Crippen molar-refractivity contribution in [2.24, 2.45) is 5.73 Å². The van der Waals surface area contributed by atoms with E-state index in [4.69, 9.17) is 10.5 Å². The molecule has 4 heteroatoms.